The minimum atomic E-state index is -0.260. The Morgan fingerprint density at radius 3 is 2.50 bits per heavy atom. The van der Waals surface area contributed by atoms with Gasteiger partial charge in [0.05, 0.1) is 11.7 Å². The highest BCUT2D eigenvalue weighted by molar-refractivity contribution is 6.35. The number of rotatable bonds is 3. The number of H-pyrrole nitrogens is 1. The average Bonchev–Trinajstić information content (AvgIpc) is 3.41. The molecule has 28 heavy (non-hydrogen) atoms. The van der Waals surface area contributed by atoms with E-state index in [1.807, 2.05) is 47.4 Å². The lowest BCUT2D eigenvalue weighted by atomic mass is 9.95. The van der Waals surface area contributed by atoms with E-state index >= 15 is 0 Å². The van der Waals surface area contributed by atoms with Gasteiger partial charge in [0.15, 0.2) is 0 Å². The molecular formula is C22H19Cl2N3O. The SMILES string of the molecule is O=C1c2[nH]nc(-c3ccccc3)c2C(c2ccc(Cl)cc2Cl)N1C1CCCC1. The highest BCUT2D eigenvalue weighted by atomic mass is 35.5. The summed E-state index contributed by atoms with van der Waals surface area (Å²) < 4.78 is 0. The van der Waals surface area contributed by atoms with Crippen LogP contribution in [0.1, 0.15) is 53.3 Å². The molecule has 2 aromatic carbocycles. The summed E-state index contributed by atoms with van der Waals surface area (Å²) in [6, 6.07) is 15.4. The first-order valence-electron chi connectivity index (χ1n) is 9.56. The predicted molar refractivity (Wildman–Crippen MR) is 111 cm³/mol. The van der Waals surface area contributed by atoms with Crippen LogP contribution in [0.4, 0.5) is 0 Å². The largest absolute Gasteiger partial charge is 0.323 e. The summed E-state index contributed by atoms with van der Waals surface area (Å²) in [4.78, 5) is 15.4. The maximum atomic E-state index is 13.4. The fraction of sp³-hybridized carbons (Fsp3) is 0.273. The van der Waals surface area contributed by atoms with Crippen LogP contribution < -0.4 is 0 Å². The first-order chi connectivity index (χ1) is 13.6. The molecule has 1 N–H and O–H groups in total. The Morgan fingerprint density at radius 1 is 1.04 bits per heavy atom. The maximum Gasteiger partial charge on any atom is 0.273 e. The molecule has 0 radical (unpaired) electrons. The Kier molecular flexibility index (Phi) is 4.41. The lowest BCUT2D eigenvalue weighted by Crippen LogP contribution is -2.37. The number of hydrogen-bond donors (Lipinski definition) is 1. The normalized spacial score (nSPS) is 19.4. The molecule has 4 nitrogen and oxygen atoms in total. The molecule has 2 heterocycles. The molecule has 2 aliphatic rings. The van der Waals surface area contributed by atoms with Crippen molar-refractivity contribution in [1.82, 2.24) is 15.1 Å². The van der Waals surface area contributed by atoms with Gasteiger partial charge in [-0.15, -0.1) is 0 Å². The molecule has 1 saturated carbocycles. The van der Waals surface area contributed by atoms with E-state index in [2.05, 4.69) is 10.2 Å². The molecule has 1 amide bonds. The quantitative estimate of drug-likeness (QED) is 0.585. The Morgan fingerprint density at radius 2 is 1.79 bits per heavy atom. The molecule has 0 bridgehead atoms. The number of carbonyl (C=O) groups excluding carboxylic acids is 1. The van der Waals surface area contributed by atoms with E-state index in [1.165, 1.54) is 0 Å². The molecule has 1 atom stereocenters. The van der Waals surface area contributed by atoms with Gasteiger partial charge in [0.1, 0.15) is 5.69 Å². The van der Waals surface area contributed by atoms with E-state index in [0.717, 1.165) is 48.1 Å². The molecule has 142 valence electrons. The Balaban J connectivity index is 1.71. The number of aromatic amines is 1. The fourth-order valence-corrected chi connectivity index (χ4v) is 5.08. The number of aromatic nitrogens is 2. The van der Waals surface area contributed by atoms with E-state index in [9.17, 15) is 4.79 Å². The van der Waals surface area contributed by atoms with Gasteiger partial charge in [-0.2, -0.15) is 5.10 Å². The van der Waals surface area contributed by atoms with Crippen LogP contribution in [-0.2, 0) is 0 Å². The molecule has 3 aromatic rings. The zero-order valence-corrected chi connectivity index (χ0v) is 16.7. The first-order valence-corrected chi connectivity index (χ1v) is 10.3. The van der Waals surface area contributed by atoms with Crippen molar-refractivity contribution < 1.29 is 4.79 Å². The zero-order chi connectivity index (χ0) is 19.3. The van der Waals surface area contributed by atoms with Crippen molar-refractivity contribution in [3.8, 4) is 11.3 Å². The van der Waals surface area contributed by atoms with Crippen molar-refractivity contribution in [3.05, 3.63) is 75.4 Å². The van der Waals surface area contributed by atoms with Gasteiger partial charge in [-0.25, -0.2) is 0 Å². The van der Waals surface area contributed by atoms with E-state index in [0.29, 0.717) is 15.7 Å². The summed E-state index contributed by atoms with van der Waals surface area (Å²) in [6.45, 7) is 0. The molecule has 1 fully saturated rings. The highest BCUT2D eigenvalue weighted by Crippen LogP contribution is 2.47. The molecular weight excluding hydrogens is 393 g/mol. The van der Waals surface area contributed by atoms with E-state index in [4.69, 9.17) is 23.2 Å². The number of fused-ring (bicyclic) bond motifs is 1. The van der Waals surface area contributed by atoms with Gasteiger partial charge in [0.2, 0.25) is 0 Å². The van der Waals surface area contributed by atoms with Crippen LogP contribution in [0.2, 0.25) is 10.0 Å². The summed E-state index contributed by atoms with van der Waals surface area (Å²) in [5.41, 5.74) is 4.16. The van der Waals surface area contributed by atoms with Crippen LogP contribution in [0.3, 0.4) is 0 Å². The van der Waals surface area contributed by atoms with E-state index in [-0.39, 0.29) is 18.0 Å². The topological polar surface area (TPSA) is 49.0 Å². The van der Waals surface area contributed by atoms with Gasteiger partial charge in [-0.05, 0) is 30.5 Å². The molecule has 0 saturated heterocycles. The third kappa shape index (κ3) is 2.75. The number of benzene rings is 2. The lowest BCUT2D eigenvalue weighted by molar-refractivity contribution is 0.0660. The summed E-state index contributed by atoms with van der Waals surface area (Å²) in [5.74, 6) is 0.00703. The standard InChI is InChI=1S/C22H19Cl2N3O/c23-14-10-11-16(17(24)12-14)21-18-19(13-6-2-1-3-7-13)25-26-20(18)22(28)27(21)15-8-4-5-9-15/h1-3,6-7,10-12,15,21H,4-5,8-9H2,(H,25,26). The number of carbonyl (C=O) groups is 1. The second kappa shape index (κ2) is 6.94. The highest BCUT2D eigenvalue weighted by Gasteiger charge is 2.46. The van der Waals surface area contributed by atoms with Gasteiger partial charge in [-0.3, -0.25) is 9.89 Å². The molecule has 1 aromatic heterocycles. The van der Waals surface area contributed by atoms with Crippen molar-refractivity contribution in [3.63, 3.8) is 0 Å². The van der Waals surface area contributed by atoms with Crippen LogP contribution in [-0.4, -0.2) is 27.0 Å². The Labute approximate surface area is 173 Å². The molecule has 0 spiro atoms. The number of amides is 1. The summed E-state index contributed by atoms with van der Waals surface area (Å²) in [5, 5.41) is 8.66. The van der Waals surface area contributed by atoms with Crippen LogP contribution in [0, 0.1) is 0 Å². The predicted octanol–water partition coefficient (Wildman–Crippen LogP) is 5.87. The van der Waals surface area contributed by atoms with Crippen LogP contribution in [0.25, 0.3) is 11.3 Å². The van der Waals surface area contributed by atoms with Crippen molar-refractivity contribution in [2.45, 2.75) is 37.8 Å². The fourth-order valence-electron chi connectivity index (χ4n) is 4.57. The van der Waals surface area contributed by atoms with Crippen LogP contribution in [0.15, 0.2) is 48.5 Å². The van der Waals surface area contributed by atoms with Crippen molar-refractivity contribution in [2.24, 2.45) is 0 Å². The monoisotopic (exact) mass is 411 g/mol. The van der Waals surface area contributed by atoms with Gasteiger partial charge < -0.3 is 4.90 Å². The smallest absolute Gasteiger partial charge is 0.273 e. The number of hydrogen-bond acceptors (Lipinski definition) is 2. The van der Waals surface area contributed by atoms with Crippen molar-refractivity contribution >= 4 is 29.1 Å². The third-order valence-corrected chi connectivity index (χ3v) is 6.39. The zero-order valence-electron chi connectivity index (χ0n) is 15.2. The number of nitrogens with zero attached hydrogens (tertiary/aromatic N) is 2. The van der Waals surface area contributed by atoms with E-state index < -0.39 is 0 Å². The van der Waals surface area contributed by atoms with Gasteiger partial charge in [0, 0.05) is 27.2 Å². The second-order valence-electron chi connectivity index (χ2n) is 7.45. The maximum absolute atomic E-state index is 13.4. The molecule has 1 unspecified atom stereocenters. The van der Waals surface area contributed by atoms with E-state index in [1.54, 1.807) is 6.07 Å². The van der Waals surface area contributed by atoms with Gasteiger partial charge >= 0.3 is 0 Å². The van der Waals surface area contributed by atoms with Gasteiger partial charge in [-0.1, -0.05) is 72.4 Å². The summed E-state index contributed by atoms with van der Waals surface area (Å²) in [6.07, 6.45) is 4.33. The molecule has 1 aliphatic heterocycles. The third-order valence-electron chi connectivity index (χ3n) is 5.83. The molecule has 1 aliphatic carbocycles. The summed E-state index contributed by atoms with van der Waals surface area (Å²) >= 11 is 12.7. The van der Waals surface area contributed by atoms with Crippen molar-refractivity contribution in [2.75, 3.05) is 0 Å². The summed E-state index contributed by atoms with van der Waals surface area (Å²) in [7, 11) is 0. The van der Waals surface area contributed by atoms with Crippen LogP contribution >= 0.6 is 23.2 Å². The lowest BCUT2D eigenvalue weighted by Gasteiger charge is -2.32. The Hall–Kier alpha value is -2.30. The van der Waals surface area contributed by atoms with Gasteiger partial charge in [0.25, 0.3) is 5.91 Å². The number of nitrogens with one attached hydrogen (secondary N) is 1. The minimum Gasteiger partial charge on any atom is -0.323 e. The second-order valence-corrected chi connectivity index (χ2v) is 8.29. The van der Waals surface area contributed by atoms with Crippen LogP contribution in [0.5, 0.6) is 0 Å². The van der Waals surface area contributed by atoms with Crippen molar-refractivity contribution in [1.29, 1.82) is 0 Å². The molecule has 5 rings (SSSR count). The molecule has 6 heteroatoms. The number of halogens is 2. The average molecular weight is 412 g/mol. The minimum absolute atomic E-state index is 0.00703. The first kappa shape index (κ1) is 17.8. The Bertz CT molecular complexity index is 1040.